The number of pyridine rings is 1. The van der Waals surface area contributed by atoms with Crippen molar-refractivity contribution in [3.63, 3.8) is 0 Å². The Morgan fingerprint density at radius 1 is 1.32 bits per heavy atom. The molecule has 5 heteroatoms. The molecule has 3 aliphatic rings. The van der Waals surface area contributed by atoms with E-state index in [1.54, 1.807) is 6.07 Å². The molecule has 2 N–H and O–H groups in total. The first-order valence-electron chi connectivity index (χ1n) is 8.32. The molecule has 22 heavy (non-hydrogen) atoms. The Morgan fingerprint density at radius 3 is 2.91 bits per heavy atom. The van der Waals surface area contributed by atoms with E-state index in [-0.39, 0.29) is 23.4 Å². The van der Waals surface area contributed by atoms with E-state index in [0.717, 1.165) is 13.0 Å². The molecule has 2 heterocycles. The van der Waals surface area contributed by atoms with Crippen molar-refractivity contribution in [2.75, 3.05) is 6.61 Å². The zero-order valence-electron chi connectivity index (χ0n) is 12.6. The van der Waals surface area contributed by atoms with E-state index in [1.807, 2.05) is 0 Å². The highest BCUT2D eigenvalue weighted by molar-refractivity contribution is 5.95. The van der Waals surface area contributed by atoms with E-state index in [9.17, 15) is 9.90 Å². The predicted octanol–water partition coefficient (Wildman–Crippen LogP) is 2.11. The Balaban J connectivity index is 1.50. The van der Waals surface area contributed by atoms with Crippen LogP contribution in [0.15, 0.2) is 18.3 Å². The fraction of sp³-hybridized carbons (Fsp3) is 0.647. The molecule has 4 atom stereocenters. The first-order valence-corrected chi connectivity index (χ1v) is 8.32. The quantitative estimate of drug-likeness (QED) is 0.897. The van der Waals surface area contributed by atoms with Crippen molar-refractivity contribution in [1.29, 1.82) is 0 Å². The number of hydrogen-bond donors (Lipinski definition) is 2. The van der Waals surface area contributed by atoms with Gasteiger partial charge in [-0.25, -0.2) is 4.98 Å². The summed E-state index contributed by atoms with van der Waals surface area (Å²) < 4.78 is 5.90. The molecule has 1 saturated heterocycles. The second-order valence-corrected chi connectivity index (χ2v) is 6.78. The summed E-state index contributed by atoms with van der Waals surface area (Å²) in [5.41, 5.74) is 0.120. The van der Waals surface area contributed by atoms with Crippen molar-refractivity contribution in [2.45, 2.75) is 44.2 Å². The highest BCUT2D eigenvalue weighted by Gasteiger charge is 2.57. The number of aromatic nitrogens is 1. The lowest BCUT2D eigenvalue weighted by Crippen LogP contribution is -2.63. The minimum absolute atomic E-state index is 0.0593. The highest BCUT2D eigenvalue weighted by Crippen LogP contribution is 2.51. The Hall–Kier alpha value is -1.62. The van der Waals surface area contributed by atoms with Crippen LogP contribution in [0, 0.1) is 17.8 Å². The Morgan fingerprint density at radius 2 is 2.14 bits per heavy atom. The van der Waals surface area contributed by atoms with Gasteiger partial charge in [-0.3, -0.25) is 4.79 Å². The lowest BCUT2D eigenvalue weighted by Gasteiger charge is -2.50. The van der Waals surface area contributed by atoms with Crippen LogP contribution in [0.5, 0.6) is 5.75 Å². The first kappa shape index (κ1) is 14.0. The number of fused-ring (bicyclic) bond motifs is 1. The Kier molecular flexibility index (Phi) is 3.53. The lowest BCUT2D eigenvalue weighted by molar-refractivity contribution is -0.0784. The van der Waals surface area contributed by atoms with Gasteiger partial charge >= 0.3 is 0 Å². The summed E-state index contributed by atoms with van der Waals surface area (Å²) in [5.74, 6) is 1.21. The van der Waals surface area contributed by atoms with E-state index >= 15 is 0 Å². The maximum absolute atomic E-state index is 12.4. The maximum atomic E-state index is 12.4. The van der Waals surface area contributed by atoms with Gasteiger partial charge in [0.05, 0.1) is 6.10 Å². The zero-order valence-corrected chi connectivity index (χ0v) is 12.6. The molecule has 118 valence electrons. The summed E-state index contributed by atoms with van der Waals surface area (Å²) >= 11 is 0. The van der Waals surface area contributed by atoms with Gasteiger partial charge in [0.25, 0.3) is 5.91 Å². The van der Waals surface area contributed by atoms with Gasteiger partial charge < -0.3 is 15.2 Å². The largest absolute Gasteiger partial charge is 0.505 e. The van der Waals surface area contributed by atoms with E-state index in [0.29, 0.717) is 23.9 Å². The SMILES string of the molecule is O=C(N[C@H]1[C@H]2CCO[C@H]2[C@H]1C1CCCC1)c1ncccc1O. The molecule has 2 aliphatic carbocycles. The predicted molar refractivity (Wildman–Crippen MR) is 80.5 cm³/mol. The van der Waals surface area contributed by atoms with Crippen LogP contribution in [0.1, 0.15) is 42.6 Å². The van der Waals surface area contributed by atoms with Crippen LogP contribution < -0.4 is 5.32 Å². The van der Waals surface area contributed by atoms with Crippen molar-refractivity contribution in [3.8, 4) is 5.75 Å². The third-order valence-corrected chi connectivity index (χ3v) is 5.68. The van der Waals surface area contributed by atoms with Crippen molar-refractivity contribution in [2.24, 2.45) is 17.8 Å². The van der Waals surface area contributed by atoms with E-state index in [4.69, 9.17) is 4.74 Å². The number of carbonyl (C=O) groups is 1. The fourth-order valence-corrected chi connectivity index (χ4v) is 4.65. The summed E-state index contributed by atoms with van der Waals surface area (Å²) in [4.78, 5) is 16.4. The normalized spacial score (nSPS) is 34.2. The van der Waals surface area contributed by atoms with Gasteiger partial charge in [-0.2, -0.15) is 0 Å². The molecule has 0 spiro atoms. The first-order chi connectivity index (χ1) is 10.8. The number of amides is 1. The second kappa shape index (κ2) is 5.54. The zero-order chi connectivity index (χ0) is 15.1. The van der Waals surface area contributed by atoms with Crippen LogP contribution in [0.4, 0.5) is 0 Å². The molecule has 2 saturated carbocycles. The van der Waals surface area contributed by atoms with Gasteiger partial charge in [0.15, 0.2) is 5.69 Å². The molecule has 3 fully saturated rings. The second-order valence-electron chi connectivity index (χ2n) is 6.78. The smallest absolute Gasteiger partial charge is 0.273 e. The van der Waals surface area contributed by atoms with Crippen LogP contribution >= 0.6 is 0 Å². The molecule has 0 bridgehead atoms. The maximum Gasteiger partial charge on any atom is 0.273 e. The van der Waals surface area contributed by atoms with Crippen LogP contribution in [-0.2, 0) is 4.74 Å². The standard InChI is InChI=1S/C17H22N2O3/c20-12-6-3-8-18-15(12)17(21)19-14-11-7-9-22-16(11)13(14)10-4-1-2-5-10/h3,6,8,10-11,13-14,16,20H,1-2,4-5,7,9H2,(H,19,21)/t11-,13+,14+,16-/m1/s1. The Bertz CT molecular complexity index is 566. The minimum Gasteiger partial charge on any atom is -0.505 e. The van der Waals surface area contributed by atoms with Crippen molar-refractivity contribution in [3.05, 3.63) is 24.0 Å². The third-order valence-electron chi connectivity index (χ3n) is 5.68. The fourth-order valence-electron chi connectivity index (χ4n) is 4.65. The van der Waals surface area contributed by atoms with Crippen LogP contribution in [0.2, 0.25) is 0 Å². The van der Waals surface area contributed by atoms with Gasteiger partial charge in [-0.1, -0.05) is 25.7 Å². The molecule has 4 rings (SSSR count). The van der Waals surface area contributed by atoms with E-state index < -0.39 is 0 Å². The van der Waals surface area contributed by atoms with Crippen molar-refractivity contribution < 1.29 is 14.6 Å². The molecule has 1 aromatic heterocycles. The van der Waals surface area contributed by atoms with E-state index in [2.05, 4.69) is 10.3 Å². The molecule has 1 amide bonds. The van der Waals surface area contributed by atoms with Crippen molar-refractivity contribution in [1.82, 2.24) is 10.3 Å². The van der Waals surface area contributed by atoms with Gasteiger partial charge in [0, 0.05) is 30.7 Å². The summed E-state index contributed by atoms with van der Waals surface area (Å²) in [6.45, 7) is 0.805. The average molecular weight is 302 g/mol. The summed E-state index contributed by atoms with van der Waals surface area (Å²) in [7, 11) is 0. The van der Waals surface area contributed by atoms with E-state index in [1.165, 1.54) is 37.9 Å². The molecule has 0 aromatic carbocycles. The summed E-state index contributed by atoms with van der Waals surface area (Å²) in [6, 6.07) is 3.29. The molecule has 0 unspecified atom stereocenters. The molecule has 1 aliphatic heterocycles. The number of ether oxygens (including phenoxy) is 1. The number of nitrogens with one attached hydrogen (secondary N) is 1. The number of carbonyl (C=O) groups excluding carboxylic acids is 1. The molecular formula is C17H22N2O3. The van der Waals surface area contributed by atoms with Crippen LogP contribution in [-0.4, -0.2) is 34.8 Å². The van der Waals surface area contributed by atoms with Gasteiger partial charge in [0.2, 0.25) is 0 Å². The lowest BCUT2D eigenvalue weighted by atomic mass is 9.61. The van der Waals surface area contributed by atoms with Crippen LogP contribution in [0.3, 0.4) is 0 Å². The number of hydrogen-bond acceptors (Lipinski definition) is 4. The summed E-state index contributed by atoms with van der Waals surface area (Å²) in [5, 5.41) is 12.9. The molecule has 5 nitrogen and oxygen atoms in total. The topological polar surface area (TPSA) is 71.5 Å². The van der Waals surface area contributed by atoms with Gasteiger partial charge in [-0.05, 0) is 24.5 Å². The summed E-state index contributed by atoms with van der Waals surface area (Å²) in [6.07, 6.45) is 7.96. The number of nitrogens with zero attached hydrogens (tertiary/aromatic N) is 1. The Labute approximate surface area is 130 Å². The number of aromatic hydroxyl groups is 1. The molecular weight excluding hydrogens is 280 g/mol. The van der Waals surface area contributed by atoms with Gasteiger partial charge in [0.1, 0.15) is 5.75 Å². The third kappa shape index (κ3) is 2.19. The highest BCUT2D eigenvalue weighted by atomic mass is 16.5. The monoisotopic (exact) mass is 302 g/mol. The van der Waals surface area contributed by atoms with Crippen molar-refractivity contribution >= 4 is 5.91 Å². The van der Waals surface area contributed by atoms with Crippen LogP contribution in [0.25, 0.3) is 0 Å². The average Bonchev–Trinajstić information content (AvgIpc) is 3.16. The molecule has 1 aromatic rings. The van der Waals surface area contributed by atoms with Gasteiger partial charge in [-0.15, -0.1) is 0 Å². The number of rotatable bonds is 3. The minimum atomic E-state index is -0.267. The molecule has 0 radical (unpaired) electrons.